The first-order chi connectivity index (χ1) is 13.7. The standard InChI is InChI=1S/C23H30O6/c1-22-8-7-17-15(16(22)4-5-18(22)19(26)12-24)3-2-13-10-14(25)6-9-23(13,17)20(27)11-21(28)29/h2-3,10,15-18,20,24,27H,4-9,11-12H2,1H3,(H,28,29)/t15-,16-,17-,18+,20?,22-,23+/m0/s1. The second kappa shape index (κ2) is 7.17. The van der Waals surface area contributed by atoms with Crippen LogP contribution in [0.5, 0.6) is 0 Å². The molecule has 29 heavy (non-hydrogen) atoms. The van der Waals surface area contributed by atoms with Crippen molar-refractivity contribution < 1.29 is 29.7 Å². The van der Waals surface area contributed by atoms with Crippen LogP contribution in [0.25, 0.3) is 0 Å². The van der Waals surface area contributed by atoms with Crippen molar-refractivity contribution in [1.82, 2.24) is 0 Å². The van der Waals surface area contributed by atoms with E-state index in [1.165, 1.54) is 0 Å². The summed E-state index contributed by atoms with van der Waals surface area (Å²) in [7, 11) is 0. The fourth-order valence-corrected chi connectivity index (χ4v) is 7.33. The normalized spacial score (nSPS) is 41.8. The van der Waals surface area contributed by atoms with E-state index in [9.17, 15) is 29.7 Å². The van der Waals surface area contributed by atoms with Crippen LogP contribution in [0.1, 0.15) is 51.9 Å². The highest BCUT2D eigenvalue weighted by Crippen LogP contribution is 2.66. The van der Waals surface area contributed by atoms with Crippen molar-refractivity contribution in [2.75, 3.05) is 6.61 Å². The van der Waals surface area contributed by atoms with Crippen molar-refractivity contribution in [1.29, 1.82) is 0 Å². The lowest BCUT2D eigenvalue weighted by molar-refractivity contribution is -0.145. The predicted octanol–water partition coefficient (Wildman–Crippen LogP) is 2.29. The van der Waals surface area contributed by atoms with Gasteiger partial charge in [-0.3, -0.25) is 14.4 Å². The summed E-state index contributed by atoms with van der Waals surface area (Å²) in [6.45, 7) is 1.73. The average molecular weight is 402 g/mol. The summed E-state index contributed by atoms with van der Waals surface area (Å²) in [6.07, 6.45) is 8.32. The zero-order valence-electron chi connectivity index (χ0n) is 16.8. The quantitative estimate of drug-likeness (QED) is 0.650. The SMILES string of the molecule is C[C@]12CC[C@H]3[C@@H](C=CC4=CC(=O)CC[C@@]43C(O)CC(=O)O)[C@@H]1CC[C@@H]2C(=O)CO. The van der Waals surface area contributed by atoms with Crippen molar-refractivity contribution in [3.63, 3.8) is 0 Å². The first kappa shape index (κ1) is 20.5. The van der Waals surface area contributed by atoms with E-state index in [4.69, 9.17) is 0 Å². The lowest BCUT2D eigenvalue weighted by Gasteiger charge is -2.58. The molecule has 0 spiro atoms. The van der Waals surface area contributed by atoms with E-state index in [2.05, 4.69) is 13.0 Å². The number of hydrogen-bond donors (Lipinski definition) is 3. The molecule has 2 saturated carbocycles. The number of carbonyl (C=O) groups excluding carboxylic acids is 2. The molecule has 0 amide bonds. The molecule has 0 aliphatic heterocycles. The van der Waals surface area contributed by atoms with Crippen molar-refractivity contribution in [3.05, 3.63) is 23.8 Å². The maximum atomic E-state index is 12.4. The maximum absolute atomic E-state index is 12.4. The minimum absolute atomic E-state index is 0.0244. The maximum Gasteiger partial charge on any atom is 0.306 e. The molecule has 0 bridgehead atoms. The number of aliphatic hydroxyl groups excluding tert-OH is 2. The Morgan fingerprint density at radius 3 is 2.66 bits per heavy atom. The van der Waals surface area contributed by atoms with E-state index >= 15 is 0 Å². The molecule has 4 aliphatic rings. The number of carboxylic acids is 1. The van der Waals surface area contributed by atoms with Crippen molar-refractivity contribution in [2.45, 2.75) is 58.0 Å². The fourth-order valence-electron chi connectivity index (χ4n) is 7.33. The van der Waals surface area contributed by atoms with Gasteiger partial charge in [0.15, 0.2) is 11.6 Å². The monoisotopic (exact) mass is 402 g/mol. The van der Waals surface area contributed by atoms with Gasteiger partial charge < -0.3 is 15.3 Å². The van der Waals surface area contributed by atoms with Crippen LogP contribution in [0, 0.1) is 34.5 Å². The molecule has 158 valence electrons. The van der Waals surface area contributed by atoms with Crippen molar-refractivity contribution in [3.8, 4) is 0 Å². The van der Waals surface area contributed by atoms with Gasteiger partial charge in [0.1, 0.15) is 6.61 Å². The van der Waals surface area contributed by atoms with Crippen LogP contribution in [0.3, 0.4) is 0 Å². The first-order valence-electron chi connectivity index (χ1n) is 10.7. The minimum atomic E-state index is -1.04. The van der Waals surface area contributed by atoms with Crippen LogP contribution in [0.4, 0.5) is 0 Å². The molecule has 2 fully saturated rings. The Bertz CT molecular complexity index is 797. The zero-order chi connectivity index (χ0) is 21.0. The zero-order valence-corrected chi connectivity index (χ0v) is 16.8. The molecule has 7 atom stereocenters. The minimum Gasteiger partial charge on any atom is -0.481 e. The van der Waals surface area contributed by atoms with Gasteiger partial charge in [0.2, 0.25) is 0 Å². The summed E-state index contributed by atoms with van der Waals surface area (Å²) in [5.41, 5.74) is -0.129. The Hall–Kier alpha value is -1.79. The van der Waals surface area contributed by atoms with E-state index in [1.54, 1.807) is 6.08 Å². The van der Waals surface area contributed by atoms with Crippen LogP contribution in [0.15, 0.2) is 23.8 Å². The first-order valence-corrected chi connectivity index (χ1v) is 10.7. The van der Waals surface area contributed by atoms with E-state index in [0.717, 1.165) is 31.3 Å². The van der Waals surface area contributed by atoms with Crippen LogP contribution >= 0.6 is 0 Å². The van der Waals surface area contributed by atoms with Gasteiger partial charge in [-0.2, -0.15) is 0 Å². The van der Waals surface area contributed by atoms with Gasteiger partial charge in [-0.25, -0.2) is 0 Å². The molecule has 6 nitrogen and oxygen atoms in total. The number of Topliss-reactive ketones (excluding diaryl/α,β-unsaturated/α-hetero) is 1. The number of carboxylic acid groups (broad SMARTS) is 1. The summed E-state index contributed by atoms with van der Waals surface area (Å²) in [5.74, 6) is -0.789. The largest absolute Gasteiger partial charge is 0.481 e. The van der Waals surface area contributed by atoms with E-state index in [0.29, 0.717) is 12.8 Å². The van der Waals surface area contributed by atoms with Gasteiger partial charge in [0.05, 0.1) is 12.5 Å². The van der Waals surface area contributed by atoms with E-state index in [1.807, 2.05) is 6.08 Å². The van der Waals surface area contributed by atoms with Crippen LogP contribution in [0.2, 0.25) is 0 Å². The Balaban J connectivity index is 1.75. The summed E-state index contributed by atoms with van der Waals surface area (Å²) >= 11 is 0. The highest BCUT2D eigenvalue weighted by molar-refractivity contribution is 5.92. The molecule has 0 heterocycles. The van der Waals surface area contributed by atoms with Crippen LogP contribution in [-0.2, 0) is 14.4 Å². The van der Waals surface area contributed by atoms with Crippen LogP contribution in [-0.4, -0.2) is 45.6 Å². The Labute approximate surface area is 170 Å². The fraction of sp³-hybridized carbons (Fsp3) is 0.696. The molecule has 1 unspecified atom stereocenters. The second-order valence-corrected chi connectivity index (χ2v) is 9.67. The molecular formula is C23H30O6. The third-order valence-corrected chi connectivity index (χ3v) is 8.64. The number of aliphatic hydroxyl groups is 2. The molecule has 6 heteroatoms. The van der Waals surface area contributed by atoms with Gasteiger partial charge >= 0.3 is 5.97 Å². The molecule has 4 aliphatic carbocycles. The molecular weight excluding hydrogens is 372 g/mol. The highest BCUT2D eigenvalue weighted by atomic mass is 16.4. The summed E-state index contributed by atoms with van der Waals surface area (Å²) in [4.78, 5) is 35.9. The number of carbonyl (C=O) groups is 3. The number of fused-ring (bicyclic) bond motifs is 5. The topological polar surface area (TPSA) is 112 Å². The third-order valence-electron chi connectivity index (χ3n) is 8.64. The molecule has 3 N–H and O–H groups in total. The average Bonchev–Trinajstić information content (AvgIpc) is 3.03. The number of aliphatic carboxylic acids is 1. The molecule has 0 saturated heterocycles. The Morgan fingerprint density at radius 2 is 1.97 bits per heavy atom. The predicted molar refractivity (Wildman–Crippen MR) is 105 cm³/mol. The highest BCUT2D eigenvalue weighted by Gasteiger charge is 2.61. The van der Waals surface area contributed by atoms with Gasteiger partial charge in [0.25, 0.3) is 0 Å². The Morgan fingerprint density at radius 1 is 1.21 bits per heavy atom. The number of allylic oxidation sites excluding steroid dienone is 3. The molecule has 0 aromatic rings. The molecule has 0 radical (unpaired) electrons. The molecule has 0 aromatic heterocycles. The van der Waals surface area contributed by atoms with Gasteiger partial charge in [-0.15, -0.1) is 0 Å². The smallest absolute Gasteiger partial charge is 0.306 e. The lowest BCUT2D eigenvalue weighted by atomic mass is 9.46. The van der Waals surface area contributed by atoms with Crippen molar-refractivity contribution >= 4 is 17.5 Å². The third kappa shape index (κ3) is 2.95. The number of hydrogen-bond acceptors (Lipinski definition) is 5. The Kier molecular flexibility index (Phi) is 5.06. The lowest BCUT2D eigenvalue weighted by Crippen LogP contribution is -2.55. The second-order valence-electron chi connectivity index (χ2n) is 9.67. The van der Waals surface area contributed by atoms with Gasteiger partial charge in [-0.1, -0.05) is 19.1 Å². The van der Waals surface area contributed by atoms with Gasteiger partial charge in [0, 0.05) is 17.8 Å². The van der Waals surface area contributed by atoms with E-state index in [-0.39, 0.29) is 47.1 Å². The summed E-state index contributed by atoms with van der Waals surface area (Å²) < 4.78 is 0. The van der Waals surface area contributed by atoms with E-state index < -0.39 is 24.1 Å². The van der Waals surface area contributed by atoms with Crippen molar-refractivity contribution in [2.24, 2.45) is 34.5 Å². The number of ketones is 2. The molecule has 0 aromatic carbocycles. The van der Waals surface area contributed by atoms with Gasteiger partial charge in [-0.05, 0) is 66.9 Å². The summed E-state index contributed by atoms with van der Waals surface area (Å²) in [6, 6.07) is 0. The summed E-state index contributed by atoms with van der Waals surface area (Å²) in [5, 5.41) is 29.8. The van der Waals surface area contributed by atoms with Crippen LogP contribution < -0.4 is 0 Å². The molecule has 4 rings (SSSR count). The number of rotatable bonds is 5.